The van der Waals surface area contributed by atoms with Gasteiger partial charge in [-0.25, -0.2) is 9.97 Å². The van der Waals surface area contributed by atoms with Crippen LogP contribution in [0.4, 0.5) is 13.2 Å². The van der Waals surface area contributed by atoms with Crippen LogP contribution in [0.5, 0.6) is 5.75 Å². The van der Waals surface area contributed by atoms with Crippen molar-refractivity contribution in [2.24, 2.45) is 7.05 Å². The molecule has 1 saturated heterocycles. The number of halogens is 3. The van der Waals surface area contributed by atoms with Crippen molar-refractivity contribution in [2.75, 3.05) is 46.4 Å². The van der Waals surface area contributed by atoms with Gasteiger partial charge in [0, 0.05) is 25.2 Å². The number of fused-ring (bicyclic) bond motifs is 1. The Morgan fingerprint density at radius 1 is 1.18 bits per heavy atom. The highest BCUT2D eigenvalue weighted by atomic mass is 19.4. The molecule has 3 N–H and O–H groups in total. The Morgan fingerprint density at radius 2 is 1.94 bits per heavy atom. The van der Waals surface area contributed by atoms with Crippen molar-refractivity contribution in [3.8, 4) is 17.0 Å². The molecule has 0 radical (unpaired) electrons. The van der Waals surface area contributed by atoms with Crippen LogP contribution in [0.2, 0.25) is 0 Å². The van der Waals surface area contributed by atoms with Crippen molar-refractivity contribution in [3.63, 3.8) is 0 Å². The summed E-state index contributed by atoms with van der Waals surface area (Å²) in [7, 11) is 3.97. The molecular formula is C23H29F3N6O+2. The molecule has 4 rings (SSSR count). The zero-order chi connectivity index (χ0) is 23.6. The summed E-state index contributed by atoms with van der Waals surface area (Å²) in [5.41, 5.74) is 1.38. The molecule has 0 spiro atoms. The third kappa shape index (κ3) is 5.17. The van der Waals surface area contributed by atoms with E-state index in [0.717, 1.165) is 45.0 Å². The van der Waals surface area contributed by atoms with Crippen molar-refractivity contribution in [1.82, 2.24) is 14.5 Å². The molecule has 2 aromatic heterocycles. The van der Waals surface area contributed by atoms with E-state index in [1.54, 1.807) is 30.1 Å². The van der Waals surface area contributed by atoms with Gasteiger partial charge < -0.3 is 24.5 Å². The van der Waals surface area contributed by atoms with Gasteiger partial charge in [0.05, 0.1) is 43.3 Å². The third-order valence-electron chi connectivity index (χ3n) is 6.20. The Morgan fingerprint density at radius 3 is 2.64 bits per heavy atom. The maximum atomic E-state index is 13.8. The van der Waals surface area contributed by atoms with Gasteiger partial charge in [0.25, 0.3) is 0 Å². The van der Waals surface area contributed by atoms with Gasteiger partial charge in [-0.05, 0) is 24.3 Å². The number of likely N-dealkylation sites (N-methyl/N-ethyl adjacent to an activating group) is 1. The van der Waals surface area contributed by atoms with Gasteiger partial charge >= 0.3 is 6.18 Å². The van der Waals surface area contributed by atoms with Crippen molar-refractivity contribution >= 4 is 17.2 Å². The minimum absolute atomic E-state index is 0.169. The van der Waals surface area contributed by atoms with Gasteiger partial charge in [0.15, 0.2) is 0 Å². The van der Waals surface area contributed by atoms with Crippen molar-refractivity contribution in [2.45, 2.75) is 12.6 Å². The van der Waals surface area contributed by atoms with Crippen molar-refractivity contribution in [1.29, 1.82) is 5.41 Å². The maximum absolute atomic E-state index is 13.8. The van der Waals surface area contributed by atoms with Crippen LogP contribution in [-0.2, 0) is 13.2 Å². The molecule has 3 heterocycles. The highest BCUT2D eigenvalue weighted by Crippen LogP contribution is 2.39. The Kier molecular flexibility index (Phi) is 6.66. The van der Waals surface area contributed by atoms with Gasteiger partial charge in [-0.3, -0.25) is 0 Å². The average molecular weight is 463 g/mol. The summed E-state index contributed by atoms with van der Waals surface area (Å²) >= 11 is 0. The fourth-order valence-corrected chi connectivity index (χ4v) is 4.22. The number of rotatable bonds is 7. The lowest BCUT2D eigenvalue weighted by atomic mass is 10.1. The first kappa shape index (κ1) is 23.2. The van der Waals surface area contributed by atoms with Crippen molar-refractivity contribution < 1.29 is 27.7 Å². The van der Waals surface area contributed by atoms with Crippen LogP contribution >= 0.6 is 0 Å². The van der Waals surface area contributed by atoms with E-state index in [0.29, 0.717) is 34.4 Å². The number of nitrogens with one attached hydrogen (secondary N) is 3. The summed E-state index contributed by atoms with van der Waals surface area (Å²) < 4.78 is 48.8. The molecule has 7 nitrogen and oxygen atoms in total. The normalized spacial score (nSPS) is 19.1. The molecule has 1 aliphatic rings. The second-order valence-corrected chi connectivity index (χ2v) is 8.63. The average Bonchev–Trinajstić information content (AvgIpc) is 3.17. The van der Waals surface area contributed by atoms with Gasteiger partial charge in [0.1, 0.15) is 43.1 Å². The molecule has 0 bridgehead atoms. The van der Waals surface area contributed by atoms with E-state index in [-0.39, 0.29) is 12.4 Å². The van der Waals surface area contributed by atoms with E-state index in [9.17, 15) is 13.2 Å². The largest absolute Gasteiger partial charge is 0.493 e. The first-order chi connectivity index (χ1) is 15.8. The maximum Gasteiger partial charge on any atom is 0.419 e. The predicted molar refractivity (Wildman–Crippen MR) is 119 cm³/mol. The summed E-state index contributed by atoms with van der Waals surface area (Å²) in [5.74, 6) is -0.169. The van der Waals surface area contributed by atoms with Crippen LogP contribution in [0, 0.1) is 5.41 Å². The van der Waals surface area contributed by atoms with Gasteiger partial charge in [-0.15, -0.1) is 0 Å². The van der Waals surface area contributed by atoms with E-state index < -0.39 is 11.7 Å². The highest BCUT2D eigenvalue weighted by molar-refractivity contribution is 5.95. The number of piperazine rings is 1. The number of alkyl halides is 3. The summed E-state index contributed by atoms with van der Waals surface area (Å²) in [6, 6.07) is 5.70. The highest BCUT2D eigenvalue weighted by Gasteiger charge is 2.35. The first-order valence-corrected chi connectivity index (χ1v) is 11.1. The molecule has 3 aromatic rings. The summed E-state index contributed by atoms with van der Waals surface area (Å²) in [6.07, 6.45) is -1.20. The fraction of sp³-hybridized carbons (Fsp3) is 0.435. The zero-order valence-electron chi connectivity index (χ0n) is 18.8. The second kappa shape index (κ2) is 9.48. The van der Waals surface area contributed by atoms with Crippen LogP contribution in [0.15, 0.2) is 30.6 Å². The van der Waals surface area contributed by atoms with E-state index >= 15 is 0 Å². The Bertz CT molecular complexity index is 1140. The molecule has 0 amide bonds. The predicted octanol–water partition coefficient (Wildman–Crippen LogP) is 0.834. The fourth-order valence-electron chi connectivity index (χ4n) is 4.22. The number of nitrogens with zero attached hydrogens (tertiary/aromatic N) is 3. The minimum Gasteiger partial charge on any atom is -0.493 e. The van der Waals surface area contributed by atoms with E-state index in [1.807, 2.05) is 0 Å². The summed E-state index contributed by atoms with van der Waals surface area (Å²) in [6.45, 7) is 5.54. The number of hydrogen-bond acceptors (Lipinski definition) is 4. The second-order valence-electron chi connectivity index (χ2n) is 8.63. The smallest absolute Gasteiger partial charge is 0.419 e. The van der Waals surface area contributed by atoms with E-state index in [4.69, 9.17) is 10.1 Å². The number of imidazole rings is 1. The quantitative estimate of drug-likeness (QED) is 0.360. The van der Waals surface area contributed by atoms with Crippen LogP contribution in [0.3, 0.4) is 0 Å². The third-order valence-corrected chi connectivity index (χ3v) is 6.20. The number of ether oxygens (including phenoxy) is 1. The molecule has 176 valence electrons. The number of aromatic nitrogens is 3. The zero-order valence-corrected chi connectivity index (χ0v) is 18.8. The Hall–Kier alpha value is -2.98. The van der Waals surface area contributed by atoms with Crippen LogP contribution < -0.4 is 14.5 Å². The number of hydrogen-bond donors (Lipinski definition) is 3. The first-order valence-electron chi connectivity index (χ1n) is 11.1. The molecule has 0 aliphatic carbocycles. The lowest BCUT2D eigenvalue weighted by Gasteiger charge is -2.27. The molecule has 33 heavy (non-hydrogen) atoms. The van der Waals surface area contributed by atoms with Crippen molar-refractivity contribution in [3.05, 3.63) is 41.9 Å². The number of aryl methyl sites for hydroxylation is 1. The molecular weight excluding hydrogens is 433 g/mol. The lowest BCUT2D eigenvalue weighted by Crippen LogP contribution is -3.27. The van der Waals surface area contributed by atoms with Gasteiger partial charge in [-0.1, -0.05) is 0 Å². The van der Waals surface area contributed by atoms with Gasteiger partial charge in [0.2, 0.25) is 0 Å². The molecule has 1 fully saturated rings. The van der Waals surface area contributed by atoms with E-state index in [1.165, 1.54) is 15.9 Å². The number of quaternary nitrogens is 2. The number of benzene rings is 1. The van der Waals surface area contributed by atoms with Crippen LogP contribution in [0.1, 0.15) is 17.7 Å². The molecule has 0 unspecified atom stereocenters. The number of pyridine rings is 1. The molecule has 0 atom stereocenters. The molecule has 1 aromatic carbocycles. The SMILES string of the molecule is Cn1cnc2c(C=N)nc(-c3ccc(OCCC[NH+]4CC[NH+](C)CC4)c(C(F)(F)F)c3)cc21. The molecule has 10 heteroatoms. The van der Waals surface area contributed by atoms with Crippen LogP contribution in [-0.4, -0.2) is 67.1 Å². The summed E-state index contributed by atoms with van der Waals surface area (Å²) in [4.78, 5) is 11.6. The minimum atomic E-state index is -4.56. The van der Waals surface area contributed by atoms with E-state index in [2.05, 4.69) is 17.0 Å². The Balaban J connectivity index is 1.53. The monoisotopic (exact) mass is 462 g/mol. The van der Waals surface area contributed by atoms with Crippen LogP contribution in [0.25, 0.3) is 22.3 Å². The molecule has 0 saturated carbocycles. The lowest BCUT2D eigenvalue weighted by molar-refractivity contribution is -1.00. The topological polar surface area (TPSA) is 72.7 Å². The van der Waals surface area contributed by atoms with Gasteiger partial charge in [-0.2, -0.15) is 13.2 Å². The summed E-state index contributed by atoms with van der Waals surface area (Å²) in [5, 5.41) is 7.61. The molecule has 1 aliphatic heterocycles. The Labute approximate surface area is 190 Å². The standard InChI is InChI=1S/C23H27F3N6O/c1-30-7-9-32(10-8-30)6-3-11-33-21-5-4-16(12-17(21)23(24,25)26)18-13-20-22(19(14-27)29-18)28-15-31(20)2/h4-5,12-15,27H,3,6-11H2,1-2H3/p+2.